The van der Waals surface area contributed by atoms with Crippen LogP contribution in [0, 0.1) is 5.92 Å². The van der Waals surface area contributed by atoms with E-state index in [1.54, 1.807) is 0 Å². The molecule has 3 saturated heterocycles. The van der Waals surface area contributed by atoms with Crippen LogP contribution in [0.2, 0.25) is 0 Å². The average molecular weight is 236 g/mol. The van der Waals surface area contributed by atoms with Crippen molar-refractivity contribution in [2.24, 2.45) is 5.92 Å². The topological polar surface area (TPSA) is 24.5 Å². The molecule has 0 aromatic carbocycles. The van der Waals surface area contributed by atoms with Crippen LogP contribution >= 0.6 is 0 Å². The molecule has 1 spiro atoms. The van der Waals surface area contributed by atoms with Gasteiger partial charge in [0.1, 0.15) is 6.23 Å². The van der Waals surface area contributed by atoms with Gasteiger partial charge in [0.2, 0.25) is 0 Å². The van der Waals surface area contributed by atoms with E-state index in [0.29, 0.717) is 17.8 Å². The molecular formula is C14H24N2O. The van der Waals surface area contributed by atoms with Crippen LogP contribution in [-0.2, 0) is 4.74 Å². The minimum atomic E-state index is 0.246. The highest BCUT2D eigenvalue weighted by Gasteiger charge is 2.61. The van der Waals surface area contributed by atoms with Crippen molar-refractivity contribution in [1.29, 1.82) is 0 Å². The molecule has 3 heteroatoms. The highest BCUT2D eigenvalue weighted by Crippen LogP contribution is 2.53. The molecule has 5 rings (SSSR count). The first-order valence-electron chi connectivity index (χ1n) is 7.32. The summed E-state index contributed by atoms with van der Waals surface area (Å²) in [5.74, 6) is 0.927. The number of hydrogen-bond donors (Lipinski definition) is 1. The average Bonchev–Trinajstić information content (AvgIpc) is 2.55. The fraction of sp³-hybridized carbons (Fsp3) is 1.00. The Kier molecular flexibility index (Phi) is 2.06. The van der Waals surface area contributed by atoms with Crippen LogP contribution < -0.4 is 5.32 Å². The Hall–Kier alpha value is -0.120. The molecule has 3 aliphatic heterocycles. The van der Waals surface area contributed by atoms with Crippen molar-refractivity contribution in [1.82, 2.24) is 10.2 Å². The van der Waals surface area contributed by atoms with Crippen LogP contribution in [-0.4, -0.2) is 41.4 Å². The largest absolute Gasteiger partial charge is 0.356 e. The van der Waals surface area contributed by atoms with Crippen LogP contribution in [0.5, 0.6) is 0 Å². The molecule has 0 aromatic heterocycles. The smallest absolute Gasteiger partial charge is 0.109 e. The van der Waals surface area contributed by atoms with Crippen molar-refractivity contribution in [3.05, 3.63) is 0 Å². The third kappa shape index (κ3) is 1.28. The molecule has 0 radical (unpaired) electrons. The maximum Gasteiger partial charge on any atom is 0.109 e. The second-order valence-corrected chi connectivity index (χ2v) is 6.89. The molecule has 17 heavy (non-hydrogen) atoms. The van der Waals surface area contributed by atoms with Crippen molar-refractivity contribution in [2.45, 2.75) is 69.4 Å². The molecule has 2 saturated carbocycles. The Morgan fingerprint density at radius 1 is 1.24 bits per heavy atom. The van der Waals surface area contributed by atoms with Gasteiger partial charge in [0.05, 0.1) is 5.60 Å². The maximum atomic E-state index is 6.29. The molecule has 0 unspecified atom stereocenters. The Bertz CT molecular complexity index is 333. The normalized spacial score (nSPS) is 52.2. The molecule has 1 N–H and O–H groups in total. The summed E-state index contributed by atoms with van der Waals surface area (Å²) in [6.07, 6.45) is 7.06. The summed E-state index contributed by atoms with van der Waals surface area (Å²) in [6.45, 7) is 7.05. The third-order valence-corrected chi connectivity index (χ3v) is 5.96. The van der Waals surface area contributed by atoms with Crippen molar-refractivity contribution < 1.29 is 4.74 Å². The SMILES string of the molecule is C[C@@H]1NCC2CC1(N1CC3(CCC3)O[C@@H]1C)C2. The van der Waals surface area contributed by atoms with E-state index in [-0.39, 0.29) is 5.60 Å². The van der Waals surface area contributed by atoms with Crippen LogP contribution in [0.15, 0.2) is 0 Å². The molecule has 3 heterocycles. The fourth-order valence-electron chi connectivity index (χ4n) is 4.72. The van der Waals surface area contributed by atoms with E-state index in [2.05, 4.69) is 24.1 Å². The Morgan fingerprint density at radius 3 is 2.53 bits per heavy atom. The second-order valence-electron chi connectivity index (χ2n) is 6.89. The van der Waals surface area contributed by atoms with Gasteiger partial charge in [0, 0.05) is 18.1 Å². The van der Waals surface area contributed by atoms with Gasteiger partial charge >= 0.3 is 0 Å². The van der Waals surface area contributed by atoms with E-state index < -0.39 is 0 Å². The van der Waals surface area contributed by atoms with E-state index in [4.69, 9.17) is 4.74 Å². The molecule has 2 atom stereocenters. The van der Waals surface area contributed by atoms with E-state index in [9.17, 15) is 0 Å². The van der Waals surface area contributed by atoms with Gasteiger partial charge in [-0.05, 0) is 58.4 Å². The first-order valence-corrected chi connectivity index (χ1v) is 7.32. The monoisotopic (exact) mass is 236 g/mol. The summed E-state index contributed by atoms with van der Waals surface area (Å²) in [5.41, 5.74) is 0.665. The predicted molar refractivity (Wildman–Crippen MR) is 66.8 cm³/mol. The lowest BCUT2D eigenvalue weighted by molar-refractivity contribution is -0.131. The van der Waals surface area contributed by atoms with Gasteiger partial charge in [-0.3, -0.25) is 4.90 Å². The Labute approximate surface area is 104 Å². The molecule has 2 aliphatic carbocycles. The Morgan fingerprint density at radius 2 is 2.00 bits per heavy atom. The molecule has 96 valence electrons. The van der Waals surface area contributed by atoms with Gasteiger partial charge in [-0.1, -0.05) is 0 Å². The summed E-state index contributed by atoms with van der Waals surface area (Å²) < 4.78 is 6.29. The van der Waals surface area contributed by atoms with Crippen LogP contribution in [0.1, 0.15) is 46.0 Å². The number of nitrogens with one attached hydrogen (secondary N) is 1. The van der Waals surface area contributed by atoms with Crippen molar-refractivity contribution in [3.63, 3.8) is 0 Å². The quantitative estimate of drug-likeness (QED) is 0.750. The number of piperidine rings is 2. The van der Waals surface area contributed by atoms with Gasteiger partial charge in [-0.2, -0.15) is 0 Å². The fourth-order valence-corrected chi connectivity index (χ4v) is 4.72. The van der Waals surface area contributed by atoms with Crippen LogP contribution in [0.25, 0.3) is 0 Å². The lowest BCUT2D eigenvalue weighted by atomic mass is 9.60. The van der Waals surface area contributed by atoms with E-state index in [1.807, 2.05) is 0 Å². The van der Waals surface area contributed by atoms with Gasteiger partial charge in [-0.25, -0.2) is 0 Å². The van der Waals surface area contributed by atoms with Crippen molar-refractivity contribution in [3.8, 4) is 0 Å². The zero-order valence-corrected chi connectivity index (χ0v) is 11.0. The van der Waals surface area contributed by atoms with Gasteiger partial charge in [0.15, 0.2) is 0 Å². The number of nitrogens with zero attached hydrogens (tertiary/aromatic N) is 1. The highest BCUT2D eigenvalue weighted by molar-refractivity contribution is 5.15. The summed E-state index contributed by atoms with van der Waals surface area (Å²) in [4.78, 5) is 2.69. The lowest BCUT2D eigenvalue weighted by Crippen LogP contribution is -2.73. The van der Waals surface area contributed by atoms with Gasteiger partial charge in [-0.15, -0.1) is 0 Å². The van der Waals surface area contributed by atoms with Crippen molar-refractivity contribution in [2.75, 3.05) is 13.1 Å². The van der Waals surface area contributed by atoms with E-state index in [1.165, 1.54) is 45.2 Å². The van der Waals surface area contributed by atoms with E-state index in [0.717, 1.165) is 5.92 Å². The molecule has 5 aliphatic rings. The lowest BCUT2D eigenvalue weighted by Gasteiger charge is -2.61. The maximum absolute atomic E-state index is 6.29. The summed E-state index contributed by atoms with van der Waals surface area (Å²) in [7, 11) is 0. The van der Waals surface area contributed by atoms with Crippen LogP contribution in [0.3, 0.4) is 0 Å². The zero-order valence-electron chi connectivity index (χ0n) is 11.0. The number of hydrogen-bond acceptors (Lipinski definition) is 3. The van der Waals surface area contributed by atoms with E-state index >= 15 is 0 Å². The third-order valence-electron chi connectivity index (χ3n) is 5.96. The zero-order chi connectivity index (χ0) is 11.7. The summed E-state index contributed by atoms with van der Waals surface area (Å²) in [5, 5.41) is 3.69. The minimum absolute atomic E-state index is 0.246. The van der Waals surface area contributed by atoms with Gasteiger partial charge in [0.25, 0.3) is 0 Å². The van der Waals surface area contributed by atoms with Gasteiger partial charge < -0.3 is 10.1 Å². The van der Waals surface area contributed by atoms with Crippen LogP contribution in [0.4, 0.5) is 0 Å². The first kappa shape index (κ1) is 10.8. The number of rotatable bonds is 1. The number of ether oxygens (including phenoxy) is 1. The number of fused-ring (bicyclic) bond motifs is 2. The molecule has 0 amide bonds. The Balaban J connectivity index is 1.58. The standard InChI is InChI=1S/C14H24N2O/c1-10-14(6-12(7-14)8-15-10)16-9-13(4-3-5-13)17-11(16)2/h10-12,15H,3-9H2,1-2H3/t10-,11+,12?,14?/m0/s1. The molecule has 2 bridgehead atoms. The minimum Gasteiger partial charge on any atom is -0.356 e. The highest BCUT2D eigenvalue weighted by atomic mass is 16.5. The molecule has 5 fully saturated rings. The molecule has 0 aromatic rings. The summed E-state index contributed by atoms with van der Waals surface area (Å²) in [6, 6.07) is 0.633. The molecular weight excluding hydrogens is 212 g/mol. The first-order chi connectivity index (χ1) is 8.14. The predicted octanol–water partition coefficient (Wildman–Crippen LogP) is 1.73. The van der Waals surface area contributed by atoms with Crippen molar-refractivity contribution >= 4 is 0 Å². The second kappa shape index (κ2) is 3.25. The molecule has 3 nitrogen and oxygen atoms in total. The summed E-state index contributed by atoms with van der Waals surface area (Å²) >= 11 is 0.